The molecule has 0 saturated heterocycles. The molecule has 0 spiro atoms. The van der Waals surface area contributed by atoms with E-state index < -0.39 is 5.60 Å². The van der Waals surface area contributed by atoms with Crippen molar-refractivity contribution < 1.29 is 5.11 Å². The van der Waals surface area contributed by atoms with Crippen LogP contribution in [0.25, 0.3) is 5.82 Å². The standard InChI is InChI=1S/C19H21N5O/c1-14-21-9-10-24(14)18-12-20-11-17(23-18)22-13-19(25)8-4-6-15-5-2-3-7-16(15)19/h2-3,5,7,9-12,25H,4,6,8,13H2,1H3,(H,22,23)/t19-/m1/s1. The van der Waals surface area contributed by atoms with Gasteiger partial charge < -0.3 is 10.4 Å². The van der Waals surface area contributed by atoms with Crippen LogP contribution in [0, 0.1) is 6.92 Å². The predicted molar refractivity (Wildman–Crippen MR) is 95.7 cm³/mol. The lowest BCUT2D eigenvalue weighted by Gasteiger charge is -2.34. The Morgan fingerprint density at radius 2 is 2.16 bits per heavy atom. The van der Waals surface area contributed by atoms with Crippen molar-refractivity contribution in [3.8, 4) is 5.82 Å². The minimum Gasteiger partial charge on any atom is -0.383 e. The van der Waals surface area contributed by atoms with Crippen molar-refractivity contribution in [2.45, 2.75) is 31.8 Å². The number of aryl methyl sites for hydroxylation is 2. The molecule has 0 fully saturated rings. The van der Waals surface area contributed by atoms with Gasteiger partial charge in [-0.1, -0.05) is 24.3 Å². The van der Waals surface area contributed by atoms with Crippen molar-refractivity contribution in [2.24, 2.45) is 0 Å². The van der Waals surface area contributed by atoms with Gasteiger partial charge in [0.2, 0.25) is 0 Å². The molecule has 0 radical (unpaired) electrons. The van der Waals surface area contributed by atoms with Crippen LogP contribution in [-0.4, -0.2) is 31.2 Å². The van der Waals surface area contributed by atoms with Crippen LogP contribution < -0.4 is 5.32 Å². The van der Waals surface area contributed by atoms with E-state index >= 15 is 0 Å². The zero-order valence-corrected chi connectivity index (χ0v) is 14.2. The highest BCUT2D eigenvalue weighted by atomic mass is 16.3. The summed E-state index contributed by atoms with van der Waals surface area (Å²) < 4.78 is 1.88. The van der Waals surface area contributed by atoms with Crippen LogP contribution in [0.3, 0.4) is 0 Å². The Bertz CT molecular complexity index is 891. The van der Waals surface area contributed by atoms with Crippen molar-refractivity contribution in [1.82, 2.24) is 19.5 Å². The Balaban J connectivity index is 1.55. The molecule has 1 aromatic carbocycles. The molecule has 0 amide bonds. The molecule has 1 aliphatic rings. The van der Waals surface area contributed by atoms with Gasteiger partial charge in [-0.2, -0.15) is 0 Å². The zero-order chi connectivity index (χ0) is 17.3. The van der Waals surface area contributed by atoms with Crippen LogP contribution >= 0.6 is 0 Å². The Labute approximate surface area is 146 Å². The van der Waals surface area contributed by atoms with Gasteiger partial charge in [0.05, 0.1) is 12.4 Å². The Kier molecular flexibility index (Phi) is 3.97. The zero-order valence-electron chi connectivity index (χ0n) is 14.2. The molecule has 6 nitrogen and oxygen atoms in total. The summed E-state index contributed by atoms with van der Waals surface area (Å²) in [7, 11) is 0. The molecule has 6 heteroatoms. The van der Waals surface area contributed by atoms with Crippen LogP contribution in [0.1, 0.15) is 29.8 Å². The highest BCUT2D eigenvalue weighted by Gasteiger charge is 2.33. The topological polar surface area (TPSA) is 75.9 Å². The summed E-state index contributed by atoms with van der Waals surface area (Å²) in [6.45, 7) is 2.33. The summed E-state index contributed by atoms with van der Waals surface area (Å²) in [5.41, 5.74) is 1.37. The molecule has 0 aliphatic heterocycles. The number of benzene rings is 1. The largest absolute Gasteiger partial charge is 0.383 e. The van der Waals surface area contributed by atoms with E-state index in [-0.39, 0.29) is 0 Å². The van der Waals surface area contributed by atoms with E-state index in [2.05, 4.69) is 26.3 Å². The van der Waals surface area contributed by atoms with Crippen molar-refractivity contribution >= 4 is 5.82 Å². The summed E-state index contributed by atoms with van der Waals surface area (Å²) >= 11 is 0. The molecule has 1 aliphatic carbocycles. The normalized spacial score (nSPS) is 19.4. The lowest BCUT2D eigenvalue weighted by molar-refractivity contribution is 0.0322. The smallest absolute Gasteiger partial charge is 0.159 e. The molecule has 2 N–H and O–H groups in total. The molecule has 4 rings (SSSR count). The number of fused-ring (bicyclic) bond motifs is 1. The van der Waals surface area contributed by atoms with Crippen LogP contribution in [0.4, 0.5) is 5.82 Å². The van der Waals surface area contributed by atoms with Gasteiger partial charge in [0, 0.05) is 18.9 Å². The maximum atomic E-state index is 11.2. The van der Waals surface area contributed by atoms with Crippen LogP contribution in [0.5, 0.6) is 0 Å². The SMILES string of the molecule is Cc1nccn1-c1cncc(NC[C@]2(O)CCCc3ccccc32)n1. The predicted octanol–water partition coefficient (Wildman–Crippen LogP) is 2.61. The molecule has 0 saturated carbocycles. The molecule has 3 aromatic rings. The molecule has 1 atom stereocenters. The first-order chi connectivity index (χ1) is 12.2. The van der Waals surface area contributed by atoms with Crippen molar-refractivity contribution in [1.29, 1.82) is 0 Å². The maximum Gasteiger partial charge on any atom is 0.159 e. The third kappa shape index (κ3) is 3.00. The molecule has 2 aromatic heterocycles. The second-order valence-corrected chi connectivity index (χ2v) is 6.50. The van der Waals surface area contributed by atoms with E-state index in [0.717, 1.165) is 30.7 Å². The number of hydrogen-bond acceptors (Lipinski definition) is 5. The molecule has 128 valence electrons. The fourth-order valence-electron chi connectivity index (χ4n) is 3.50. The summed E-state index contributed by atoms with van der Waals surface area (Å²) in [5.74, 6) is 2.20. The third-order valence-electron chi connectivity index (χ3n) is 4.81. The van der Waals surface area contributed by atoms with Gasteiger partial charge in [0.25, 0.3) is 0 Å². The first kappa shape index (κ1) is 15.8. The van der Waals surface area contributed by atoms with Gasteiger partial charge in [-0.05, 0) is 37.3 Å². The summed E-state index contributed by atoms with van der Waals surface area (Å²) in [6, 6.07) is 8.13. The fourth-order valence-corrected chi connectivity index (χ4v) is 3.50. The van der Waals surface area contributed by atoms with Gasteiger partial charge in [0.15, 0.2) is 5.82 Å². The molecule has 0 unspecified atom stereocenters. The molecule has 2 heterocycles. The summed E-state index contributed by atoms with van der Waals surface area (Å²) in [5, 5.41) is 14.4. The minimum atomic E-state index is -0.878. The highest BCUT2D eigenvalue weighted by Crippen LogP contribution is 2.35. The highest BCUT2D eigenvalue weighted by molar-refractivity contribution is 5.40. The van der Waals surface area contributed by atoms with Gasteiger partial charge in [-0.15, -0.1) is 0 Å². The maximum absolute atomic E-state index is 11.2. The van der Waals surface area contributed by atoms with E-state index in [0.29, 0.717) is 18.2 Å². The number of hydrogen-bond donors (Lipinski definition) is 2. The fraction of sp³-hybridized carbons (Fsp3) is 0.316. The molecule has 0 bridgehead atoms. The van der Waals surface area contributed by atoms with Crippen LogP contribution in [0.15, 0.2) is 49.1 Å². The van der Waals surface area contributed by atoms with E-state index in [9.17, 15) is 5.11 Å². The van der Waals surface area contributed by atoms with Crippen molar-refractivity contribution in [3.63, 3.8) is 0 Å². The van der Waals surface area contributed by atoms with Crippen LogP contribution in [-0.2, 0) is 12.0 Å². The number of aliphatic hydroxyl groups is 1. The van der Waals surface area contributed by atoms with E-state index in [1.54, 1.807) is 18.6 Å². The third-order valence-corrected chi connectivity index (χ3v) is 4.81. The van der Waals surface area contributed by atoms with Crippen LogP contribution in [0.2, 0.25) is 0 Å². The molecular weight excluding hydrogens is 314 g/mol. The average molecular weight is 335 g/mol. The van der Waals surface area contributed by atoms with E-state index in [1.807, 2.05) is 35.9 Å². The second-order valence-electron chi connectivity index (χ2n) is 6.50. The number of rotatable bonds is 4. The van der Waals surface area contributed by atoms with Gasteiger partial charge in [-0.25, -0.2) is 9.97 Å². The number of anilines is 1. The van der Waals surface area contributed by atoms with E-state index in [1.165, 1.54) is 5.56 Å². The van der Waals surface area contributed by atoms with Gasteiger partial charge in [0.1, 0.15) is 17.2 Å². The lowest BCUT2D eigenvalue weighted by Crippen LogP contribution is -2.37. The Morgan fingerprint density at radius 1 is 1.28 bits per heavy atom. The Morgan fingerprint density at radius 3 is 3.00 bits per heavy atom. The minimum absolute atomic E-state index is 0.408. The van der Waals surface area contributed by atoms with Gasteiger partial charge >= 0.3 is 0 Å². The van der Waals surface area contributed by atoms with E-state index in [4.69, 9.17) is 0 Å². The monoisotopic (exact) mass is 335 g/mol. The summed E-state index contributed by atoms with van der Waals surface area (Å²) in [6.07, 6.45) is 9.71. The number of nitrogens with zero attached hydrogens (tertiary/aromatic N) is 4. The number of imidazole rings is 1. The quantitative estimate of drug-likeness (QED) is 0.766. The average Bonchev–Trinajstić information content (AvgIpc) is 3.07. The van der Waals surface area contributed by atoms with Gasteiger partial charge in [-0.3, -0.25) is 9.55 Å². The number of nitrogens with one attached hydrogen (secondary N) is 1. The second kappa shape index (κ2) is 6.29. The molecule has 25 heavy (non-hydrogen) atoms. The first-order valence-corrected chi connectivity index (χ1v) is 8.53. The van der Waals surface area contributed by atoms with Crippen molar-refractivity contribution in [3.05, 3.63) is 66.0 Å². The Hall–Kier alpha value is -2.73. The lowest BCUT2D eigenvalue weighted by atomic mass is 9.79. The van der Waals surface area contributed by atoms with Crippen molar-refractivity contribution in [2.75, 3.05) is 11.9 Å². The molecular formula is C19H21N5O. The number of aromatic nitrogens is 4. The summed E-state index contributed by atoms with van der Waals surface area (Å²) in [4.78, 5) is 13.1. The first-order valence-electron chi connectivity index (χ1n) is 8.53.